The Morgan fingerprint density at radius 2 is 1.84 bits per heavy atom. The van der Waals surface area contributed by atoms with Gasteiger partial charge in [-0.05, 0) is 78.5 Å². The Hall–Kier alpha value is -1.21. The molecule has 0 fully saturated rings. The number of carbonyl (C=O) groups is 2. The summed E-state index contributed by atoms with van der Waals surface area (Å²) in [7, 11) is 3.49. The molecule has 0 bridgehead atoms. The van der Waals surface area contributed by atoms with Gasteiger partial charge in [0.1, 0.15) is 5.60 Å². The topological polar surface area (TPSA) is 49.9 Å². The highest BCUT2D eigenvalue weighted by molar-refractivity contribution is 9.10. The minimum atomic E-state index is -0.502. The average Bonchev–Trinajstić information content (AvgIpc) is 2.70. The quantitative estimate of drug-likeness (QED) is 0.615. The molecular formula is C18H25BrN2O3S. The highest BCUT2D eigenvalue weighted by atomic mass is 79.9. The van der Waals surface area contributed by atoms with Gasteiger partial charge < -0.3 is 14.5 Å². The zero-order valence-electron chi connectivity index (χ0n) is 15.4. The molecule has 0 saturated heterocycles. The van der Waals surface area contributed by atoms with Crippen LogP contribution in [0.15, 0.2) is 21.5 Å². The Labute approximate surface area is 162 Å². The maximum Gasteiger partial charge on any atom is 0.410 e. The first-order valence-electron chi connectivity index (χ1n) is 8.26. The number of amides is 2. The fourth-order valence-electron chi connectivity index (χ4n) is 2.56. The maximum atomic E-state index is 12.4. The van der Waals surface area contributed by atoms with Crippen LogP contribution >= 0.6 is 27.7 Å². The van der Waals surface area contributed by atoms with E-state index in [2.05, 4.69) is 22.0 Å². The van der Waals surface area contributed by atoms with Crippen molar-refractivity contribution in [3.05, 3.63) is 27.7 Å². The smallest absolute Gasteiger partial charge is 0.410 e. The summed E-state index contributed by atoms with van der Waals surface area (Å²) >= 11 is 4.79. The first-order valence-corrected chi connectivity index (χ1v) is 9.87. The van der Waals surface area contributed by atoms with Crippen LogP contribution in [-0.2, 0) is 17.6 Å². The minimum Gasteiger partial charge on any atom is -0.444 e. The molecule has 1 heterocycles. The van der Waals surface area contributed by atoms with Crippen LogP contribution in [0.25, 0.3) is 0 Å². The summed E-state index contributed by atoms with van der Waals surface area (Å²) in [5.41, 5.74) is 1.82. The normalized spacial score (nSPS) is 14.6. The summed E-state index contributed by atoms with van der Waals surface area (Å²) in [4.78, 5) is 28.8. The summed E-state index contributed by atoms with van der Waals surface area (Å²) < 4.78 is 6.41. The van der Waals surface area contributed by atoms with Crippen molar-refractivity contribution in [3.8, 4) is 0 Å². The second kappa shape index (κ2) is 7.99. The van der Waals surface area contributed by atoms with Gasteiger partial charge in [0.15, 0.2) is 0 Å². The van der Waals surface area contributed by atoms with E-state index in [1.807, 2.05) is 26.8 Å². The van der Waals surface area contributed by atoms with Crippen molar-refractivity contribution in [3.63, 3.8) is 0 Å². The molecule has 25 heavy (non-hydrogen) atoms. The van der Waals surface area contributed by atoms with Gasteiger partial charge in [0.2, 0.25) is 0 Å². The van der Waals surface area contributed by atoms with Crippen molar-refractivity contribution < 1.29 is 14.3 Å². The van der Waals surface area contributed by atoms with Crippen molar-refractivity contribution in [2.24, 2.45) is 0 Å². The van der Waals surface area contributed by atoms with E-state index in [0.29, 0.717) is 19.5 Å². The largest absolute Gasteiger partial charge is 0.444 e. The van der Waals surface area contributed by atoms with E-state index in [1.54, 1.807) is 23.9 Å². The van der Waals surface area contributed by atoms with Crippen LogP contribution in [0, 0.1) is 0 Å². The fourth-order valence-corrected chi connectivity index (χ4v) is 4.05. The molecule has 0 N–H and O–H groups in total. The van der Waals surface area contributed by atoms with E-state index >= 15 is 0 Å². The number of thioether (sulfide) groups is 1. The van der Waals surface area contributed by atoms with Gasteiger partial charge in [-0.3, -0.25) is 4.79 Å². The minimum absolute atomic E-state index is 0.0117. The van der Waals surface area contributed by atoms with Gasteiger partial charge in [-0.25, -0.2) is 4.79 Å². The van der Waals surface area contributed by atoms with Gasteiger partial charge in [0.05, 0.1) is 0 Å². The molecule has 138 valence electrons. The molecule has 1 aliphatic rings. The van der Waals surface area contributed by atoms with E-state index in [0.717, 1.165) is 21.4 Å². The number of hydrogen-bond donors (Lipinski definition) is 0. The number of hydrogen-bond acceptors (Lipinski definition) is 4. The lowest BCUT2D eigenvalue weighted by atomic mass is 10.0. The molecule has 0 aliphatic carbocycles. The highest BCUT2D eigenvalue weighted by Gasteiger charge is 2.26. The molecule has 0 unspecified atom stereocenters. The Morgan fingerprint density at radius 1 is 1.20 bits per heavy atom. The molecule has 0 aromatic heterocycles. The number of nitrogens with zero attached hydrogens (tertiary/aromatic N) is 2. The predicted molar refractivity (Wildman–Crippen MR) is 104 cm³/mol. The summed E-state index contributed by atoms with van der Waals surface area (Å²) in [5.74, 6) is 0. The number of benzene rings is 1. The summed E-state index contributed by atoms with van der Waals surface area (Å²) in [5, 5.41) is -0.0117. The molecule has 0 spiro atoms. The first kappa shape index (κ1) is 20.1. The molecular weight excluding hydrogens is 404 g/mol. The van der Waals surface area contributed by atoms with Gasteiger partial charge in [-0.2, -0.15) is 0 Å². The summed E-state index contributed by atoms with van der Waals surface area (Å²) in [6.07, 6.45) is 1.18. The monoisotopic (exact) mass is 428 g/mol. The Balaban J connectivity index is 2.21. The van der Waals surface area contributed by atoms with Crippen LogP contribution in [-0.4, -0.2) is 53.9 Å². The van der Waals surface area contributed by atoms with Gasteiger partial charge in [-0.15, -0.1) is 0 Å². The van der Waals surface area contributed by atoms with Crippen LogP contribution in [0.5, 0.6) is 0 Å². The molecule has 2 amide bonds. The molecule has 7 heteroatoms. The van der Waals surface area contributed by atoms with Gasteiger partial charge in [0.25, 0.3) is 5.24 Å². The lowest BCUT2D eigenvalue weighted by molar-refractivity contribution is 0.0258. The third-order valence-electron chi connectivity index (χ3n) is 3.80. The molecule has 2 rings (SSSR count). The zero-order chi connectivity index (χ0) is 18.8. The Morgan fingerprint density at radius 3 is 2.44 bits per heavy atom. The zero-order valence-corrected chi connectivity index (χ0v) is 17.8. The highest BCUT2D eigenvalue weighted by Crippen LogP contribution is 2.36. The first-order chi connectivity index (χ1) is 11.6. The number of fused-ring (bicyclic) bond motifs is 1. The van der Waals surface area contributed by atoms with Gasteiger partial charge in [0, 0.05) is 36.6 Å². The van der Waals surface area contributed by atoms with Crippen molar-refractivity contribution in [2.75, 3.05) is 27.2 Å². The molecule has 0 saturated carbocycles. The van der Waals surface area contributed by atoms with E-state index < -0.39 is 5.60 Å². The number of rotatable bonds is 1. The van der Waals surface area contributed by atoms with E-state index in [1.165, 1.54) is 17.3 Å². The molecule has 0 atom stereocenters. The fraction of sp³-hybridized carbons (Fsp3) is 0.556. The van der Waals surface area contributed by atoms with Gasteiger partial charge in [-0.1, -0.05) is 6.07 Å². The van der Waals surface area contributed by atoms with Crippen molar-refractivity contribution in [2.45, 2.75) is 44.1 Å². The van der Waals surface area contributed by atoms with Crippen LogP contribution < -0.4 is 0 Å². The summed E-state index contributed by atoms with van der Waals surface area (Å²) in [6, 6.07) is 4.05. The van der Waals surface area contributed by atoms with E-state index in [9.17, 15) is 9.59 Å². The lowest BCUT2D eigenvalue weighted by Crippen LogP contribution is -2.38. The summed E-state index contributed by atoms with van der Waals surface area (Å²) in [6.45, 7) is 6.82. The maximum absolute atomic E-state index is 12.4. The SMILES string of the molecule is CN(C)C(=O)Sc1c(Br)ccc2c1CCN(C(=O)OC(C)(C)C)CC2. The van der Waals surface area contributed by atoms with Gasteiger partial charge >= 0.3 is 6.09 Å². The van der Waals surface area contributed by atoms with Crippen molar-refractivity contribution in [1.29, 1.82) is 0 Å². The second-order valence-electron chi connectivity index (χ2n) is 7.24. The standard InChI is InChI=1S/C18H25BrN2O3S/c1-18(2,3)24-16(22)21-10-8-12-6-7-14(19)15(13(12)9-11-21)25-17(23)20(4)5/h6-7H,8-11H2,1-5H3. The van der Waals surface area contributed by atoms with Crippen molar-refractivity contribution >= 4 is 39.0 Å². The number of ether oxygens (including phenoxy) is 1. The van der Waals surface area contributed by atoms with Crippen molar-refractivity contribution in [1.82, 2.24) is 9.80 Å². The lowest BCUT2D eigenvalue weighted by Gasteiger charge is -2.26. The molecule has 5 nitrogen and oxygen atoms in total. The Bertz CT molecular complexity index is 671. The van der Waals surface area contributed by atoms with Crippen LogP contribution in [0.2, 0.25) is 0 Å². The second-order valence-corrected chi connectivity index (χ2v) is 9.06. The number of carbonyl (C=O) groups excluding carboxylic acids is 2. The molecule has 1 aromatic rings. The van der Waals surface area contributed by atoms with Crippen LogP contribution in [0.1, 0.15) is 31.9 Å². The molecule has 0 radical (unpaired) electrons. The van der Waals surface area contributed by atoms with E-state index in [-0.39, 0.29) is 11.3 Å². The number of halogens is 1. The van der Waals surface area contributed by atoms with Crippen LogP contribution in [0.3, 0.4) is 0 Å². The average molecular weight is 429 g/mol. The molecule has 1 aromatic carbocycles. The van der Waals surface area contributed by atoms with Crippen LogP contribution in [0.4, 0.5) is 9.59 Å². The predicted octanol–water partition coefficient (Wildman–Crippen LogP) is 4.56. The third kappa shape index (κ3) is 5.38. The van der Waals surface area contributed by atoms with E-state index in [4.69, 9.17) is 4.74 Å². The molecule has 1 aliphatic heterocycles. The third-order valence-corrected chi connectivity index (χ3v) is 5.93. The Kier molecular flexibility index (Phi) is 6.43.